The summed E-state index contributed by atoms with van der Waals surface area (Å²) in [5.74, 6) is 0.855. The highest BCUT2D eigenvalue weighted by molar-refractivity contribution is 7.80. The summed E-state index contributed by atoms with van der Waals surface area (Å²) in [4.78, 5) is 23.6. The van der Waals surface area contributed by atoms with E-state index in [1.807, 2.05) is 25.1 Å². The minimum absolute atomic E-state index is 0.0627. The molecule has 2 aromatic rings. The Bertz CT molecular complexity index is 827. The molecular formula is C19H21N3O5S. The zero-order valence-electron chi connectivity index (χ0n) is 15.5. The number of methoxy groups -OCH3 is 1. The molecular weight excluding hydrogens is 382 g/mol. The number of carbonyl (C=O) groups is 2. The van der Waals surface area contributed by atoms with Gasteiger partial charge in [-0.05, 0) is 61.1 Å². The Kier molecular flexibility index (Phi) is 8.04. The Morgan fingerprint density at radius 1 is 0.893 bits per heavy atom. The number of carbonyl (C=O) groups excluding carboxylic acids is 2. The van der Waals surface area contributed by atoms with E-state index in [4.69, 9.17) is 26.4 Å². The van der Waals surface area contributed by atoms with Gasteiger partial charge >= 0.3 is 0 Å². The Morgan fingerprint density at radius 2 is 1.54 bits per heavy atom. The van der Waals surface area contributed by atoms with Crippen LogP contribution in [0.1, 0.15) is 5.56 Å². The predicted molar refractivity (Wildman–Crippen MR) is 107 cm³/mol. The molecule has 2 rings (SSSR count). The van der Waals surface area contributed by atoms with E-state index in [-0.39, 0.29) is 18.3 Å². The number of nitrogens with one attached hydrogen (secondary N) is 3. The fourth-order valence-corrected chi connectivity index (χ4v) is 2.20. The normalized spacial score (nSPS) is 9.79. The number of hydrogen-bond acceptors (Lipinski definition) is 6. The van der Waals surface area contributed by atoms with E-state index in [2.05, 4.69) is 16.2 Å². The van der Waals surface area contributed by atoms with Crippen LogP contribution >= 0.6 is 12.2 Å². The minimum Gasteiger partial charge on any atom is -0.497 e. The third-order valence-electron chi connectivity index (χ3n) is 3.36. The van der Waals surface area contributed by atoms with Crippen molar-refractivity contribution in [3.63, 3.8) is 0 Å². The molecule has 2 aromatic carbocycles. The van der Waals surface area contributed by atoms with Gasteiger partial charge in [-0.2, -0.15) is 0 Å². The molecule has 0 heterocycles. The monoisotopic (exact) mass is 403 g/mol. The molecule has 8 nitrogen and oxygen atoms in total. The van der Waals surface area contributed by atoms with Gasteiger partial charge in [-0.15, -0.1) is 0 Å². The first kappa shape index (κ1) is 21.0. The zero-order valence-corrected chi connectivity index (χ0v) is 16.3. The molecule has 3 N–H and O–H groups in total. The maximum Gasteiger partial charge on any atom is 0.276 e. The summed E-state index contributed by atoms with van der Waals surface area (Å²) < 4.78 is 15.7. The Labute approximate surface area is 168 Å². The molecule has 0 aliphatic rings. The Morgan fingerprint density at radius 3 is 2.21 bits per heavy atom. The number of amides is 2. The molecule has 0 aliphatic carbocycles. The lowest BCUT2D eigenvalue weighted by molar-refractivity contribution is -0.124. The number of hydrazine groups is 1. The van der Waals surface area contributed by atoms with Crippen molar-refractivity contribution >= 4 is 29.1 Å². The molecule has 148 valence electrons. The SMILES string of the molecule is COc1ccc(OCC(=O)NC(=S)NNC(=O)COc2cccc(C)c2)cc1. The number of thiocarbonyl (C=S) groups is 1. The first-order valence-electron chi connectivity index (χ1n) is 8.31. The molecule has 0 unspecified atom stereocenters. The van der Waals surface area contributed by atoms with Crippen LogP contribution in [0.25, 0.3) is 0 Å². The predicted octanol–water partition coefficient (Wildman–Crippen LogP) is 1.48. The molecule has 0 bridgehead atoms. The highest BCUT2D eigenvalue weighted by atomic mass is 32.1. The largest absolute Gasteiger partial charge is 0.497 e. The zero-order chi connectivity index (χ0) is 20.4. The second-order valence-corrected chi connectivity index (χ2v) is 6.03. The Hall–Kier alpha value is -3.33. The van der Waals surface area contributed by atoms with E-state index in [1.165, 1.54) is 0 Å². The van der Waals surface area contributed by atoms with Gasteiger partial charge in [-0.3, -0.25) is 25.8 Å². The number of rotatable bonds is 7. The van der Waals surface area contributed by atoms with E-state index in [1.54, 1.807) is 37.4 Å². The highest BCUT2D eigenvalue weighted by Crippen LogP contribution is 2.16. The third kappa shape index (κ3) is 7.50. The molecule has 2 amide bonds. The van der Waals surface area contributed by atoms with Crippen molar-refractivity contribution in [2.24, 2.45) is 0 Å². The van der Waals surface area contributed by atoms with E-state index in [0.717, 1.165) is 5.56 Å². The number of benzene rings is 2. The average molecular weight is 403 g/mol. The maximum atomic E-state index is 11.8. The molecule has 0 spiro atoms. The van der Waals surface area contributed by atoms with E-state index in [9.17, 15) is 9.59 Å². The van der Waals surface area contributed by atoms with Crippen molar-refractivity contribution in [2.45, 2.75) is 6.92 Å². The van der Waals surface area contributed by atoms with Gasteiger partial charge in [0.25, 0.3) is 11.8 Å². The maximum absolute atomic E-state index is 11.8. The van der Waals surface area contributed by atoms with Crippen molar-refractivity contribution in [1.82, 2.24) is 16.2 Å². The van der Waals surface area contributed by atoms with Crippen LogP contribution < -0.4 is 30.4 Å². The van der Waals surface area contributed by atoms with Crippen LogP contribution in [0.3, 0.4) is 0 Å². The smallest absolute Gasteiger partial charge is 0.276 e. The topological polar surface area (TPSA) is 97.9 Å². The highest BCUT2D eigenvalue weighted by Gasteiger charge is 2.08. The fraction of sp³-hybridized carbons (Fsp3) is 0.211. The lowest BCUT2D eigenvalue weighted by atomic mass is 10.2. The van der Waals surface area contributed by atoms with E-state index >= 15 is 0 Å². The second kappa shape index (κ2) is 10.7. The number of aryl methyl sites for hydroxylation is 1. The number of hydrogen-bond donors (Lipinski definition) is 3. The van der Waals surface area contributed by atoms with E-state index in [0.29, 0.717) is 17.2 Å². The Balaban J connectivity index is 1.63. The third-order valence-corrected chi connectivity index (χ3v) is 3.56. The summed E-state index contributed by atoms with van der Waals surface area (Å²) in [5, 5.41) is 2.32. The van der Waals surface area contributed by atoms with Crippen LogP contribution in [0.2, 0.25) is 0 Å². The summed E-state index contributed by atoms with van der Waals surface area (Å²) in [7, 11) is 1.56. The molecule has 0 atom stereocenters. The molecule has 0 saturated carbocycles. The molecule has 0 aliphatic heterocycles. The number of ether oxygens (including phenoxy) is 3. The molecule has 0 aromatic heterocycles. The first-order chi connectivity index (χ1) is 13.5. The molecule has 0 radical (unpaired) electrons. The molecule has 0 saturated heterocycles. The molecule has 9 heteroatoms. The summed E-state index contributed by atoms with van der Waals surface area (Å²) in [6.45, 7) is 1.49. The quantitative estimate of drug-likeness (QED) is 0.476. The van der Waals surface area contributed by atoms with Crippen molar-refractivity contribution in [1.29, 1.82) is 0 Å². The van der Waals surface area contributed by atoms with Crippen LogP contribution in [-0.4, -0.2) is 37.3 Å². The summed E-state index contributed by atoms with van der Waals surface area (Å²) in [6, 6.07) is 14.1. The van der Waals surface area contributed by atoms with Gasteiger partial charge in [0, 0.05) is 0 Å². The van der Waals surface area contributed by atoms with Crippen molar-refractivity contribution in [2.75, 3.05) is 20.3 Å². The standard InChI is InChI=1S/C19H21N3O5S/c1-13-4-3-5-16(10-13)27-12-18(24)21-22-19(28)20-17(23)11-26-15-8-6-14(25-2)7-9-15/h3-10H,11-12H2,1-2H3,(H,21,24)(H2,20,22,23,28). The van der Waals surface area contributed by atoms with Crippen LogP contribution in [0.4, 0.5) is 0 Å². The first-order valence-corrected chi connectivity index (χ1v) is 8.72. The molecule has 28 heavy (non-hydrogen) atoms. The van der Waals surface area contributed by atoms with Gasteiger partial charge in [0.15, 0.2) is 18.3 Å². The van der Waals surface area contributed by atoms with Gasteiger partial charge in [0.2, 0.25) is 0 Å². The van der Waals surface area contributed by atoms with Crippen molar-refractivity contribution in [3.8, 4) is 17.2 Å². The summed E-state index contributed by atoms with van der Waals surface area (Å²) >= 11 is 4.94. The van der Waals surface area contributed by atoms with Gasteiger partial charge in [0.1, 0.15) is 17.2 Å². The van der Waals surface area contributed by atoms with Crippen LogP contribution in [-0.2, 0) is 9.59 Å². The lowest BCUT2D eigenvalue weighted by Crippen LogP contribution is -2.50. The van der Waals surface area contributed by atoms with Crippen LogP contribution in [0.15, 0.2) is 48.5 Å². The van der Waals surface area contributed by atoms with Crippen molar-refractivity contribution < 1.29 is 23.8 Å². The van der Waals surface area contributed by atoms with Crippen LogP contribution in [0, 0.1) is 6.92 Å². The van der Waals surface area contributed by atoms with Crippen molar-refractivity contribution in [3.05, 3.63) is 54.1 Å². The second-order valence-electron chi connectivity index (χ2n) is 5.62. The van der Waals surface area contributed by atoms with Gasteiger partial charge in [-0.25, -0.2) is 0 Å². The summed E-state index contributed by atoms with van der Waals surface area (Å²) in [6.07, 6.45) is 0. The molecule has 0 fully saturated rings. The summed E-state index contributed by atoms with van der Waals surface area (Å²) in [5.41, 5.74) is 5.78. The average Bonchev–Trinajstić information content (AvgIpc) is 2.69. The van der Waals surface area contributed by atoms with E-state index < -0.39 is 11.8 Å². The minimum atomic E-state index is -0.474. The van der Waals surface area contributed by atoms with Crippen LogP contribution in [0.5, 0.6) is 17.2 Å². The van der Waals surface area contributed by atoms with Gasteiger partial charge < -0.3 is 14.2 Å². The lowest BCUT2D eigenvalue weighted by Gasteiger charge is -2.12. The van der Waals surface area contributed by atoms with Gasteiger partial charge in [-0.1, -0.05) is 12.1 Å². The fourth-order valence-electron chi connectivity index (χ4n) is 2.03. The van der Waals surface area contributed by atoms with Gasteiger partial charge in [0.05, 0.1) is 7.11 Å².